The van der Waals surface area contributed by atoms with E-state index in [-0.39, 0.29) is 0 Å². The third-order valence-electron chi connectivity index (χ3n) is 2.32. The van der Waals surface area contributed by atoms with Gasteiger partial charge in [-0.25, -0.2) is 4.98 Å². The Hall–Kier alpha value is -0.450. The molecule has 1 N–H and O–H groups in total. The first kappa shape index (κ1) is 13.6. The molecule has 0 aliphatic carbocycles. The maximum Gasteiger partial charge on any atom is 0.0953 e. The monoisotopic (exact) mass is 241 g/mol. The highest BCUT2D eigenvalue weighted by atomic mass is 32.1. The maximum atomic E-state index is 4.41. The van der Waals surface area contributed by atoms with Crippen molar-refractivity contribution in [2.45, 2.75) is 32.7 Å². The summed E-state index contributed by atoms with van der Waals surface area (Å²) in [5.74, 6) is 0.549. The van der Waals surface area contributed by atoms with Crippen LogP contribution in [0, 0.1) is 0 Å². The van der Waals surface area contributed by atoms with Gasteiger partial charge in [-0.3, -0.25) is 0 Å². The van der Waals surface area contributed by atoms with Gasteiger partial charge in [-0.15, -0.1) is 11.3 Å². The molecule has 0 amide bonds. The molecular weight excluding hydrogens is 218 g/mol. The summed E-state index contributed by atoms with van der Waals surface area (Å²) < 4.78 is 0. The van der Waals surface area contributed by atoms with Crippen LogP contribution < -0.4 is 5.32 Å². The molecule has 0 spiro atoms. The lowest BCUT2D eigenvalue weighted by atomic mass is 10.2. The minimum atomic E-state index is 0.549. The van der Waals surface area contributed by atoms with E-state index in [1.807, 2.05) is 17.5 Å². The number of nitrogens with one attached hydrogen (secondary N) is 1. The molecule has 0 unspecified atom stereocenters. The Morgan fingerprint density at radius 2 is 2.19 bits per heavy atom. The fourth-order valence-corrected chi connectivity index (χ4v) is 2.29. The van der Waals surface area contributed by atoms with Crippen LogP contribution in [0.2, 0.25) is 0 Å². The fraction of sp³-hybridized carbons (Fsp3) is 0.750. The molecule has 0 radical (unpaired) electrons. The summed E-state index contributed by atoms with van der Waals surface area (Å²) in [7, 11) is 4.22. The van der Waals surface area contributed by atoms with Gasteiger partial charge in [-0.1, -0.05) is 13.8 Å². The van der Waals surface area contributed by atoms with Gasteiger partial charge in [-0.05, 0) is 33.6 Å². The summed E-state index contributed by atoms with van der Waals surface area (Å²) in [4.78, 5) is 7.97. The zero-order valence-corrected chi connectivity index (χ0v) is 11.6. The standard InChI is InChI=1S/C12H23N3S/c1-10(2)12-14-9-11(16-12)8-13-6-5-7-15(3)4/h9-10,13H,5-8H2,1-4H3. The zero-order valence-electron chi connectivity index (χ0n) is 10.8. The molecule has 1 rings (SSSR count). The molecule has 0 fully saturated rings. The number of thiazole rings is 1. The van der Waals surface area contributed by atoms with E-state index in [1.165, 1.54) is 16.3 Å². The van der Waals surface area contributed by atoms with Gasteiger partial charge in [0, 0.05) is 23.5 Å². The Balaban J connectivity index is 2.17. The van der Waals surface area contributed by atoms with E-state index in [4.69, 9.17) is 0 Å². The molecule has 1 aromatic rings. The van der Waals surface area contributed by atoms with Crippen LogP contribution in [-0.4, -0.2) is 37.1 Å². The molecule has 0 saturated carbocycles. The first-order chi connectivity index (χ1) is 7.59. The zero-order chi connectivity index (χ0) is 12.0. The van der Waals surface area contributed by atoms with Gasteiger partial charge in [0.25, 0.3) is 0 Å². The Bertz CT molecular complexity index is 294. The average molecular weight is 241 g/mol. The topological polar surface area (TPSA) is 28.2 Å². The number of aromatic nitrogens is 1. The van der Waals surface area contributed by atoms with Crippen molar-refractivity contribution in [2.75, 3.05) is 27.2 Å². The van der Waals surface area contributed by atoms with Crippen LogP contribution in [0.4, 0.5) is 0 Å². The van der Waals surface area contributed by atoms with Crippen molar-refractivity contribution in [3.05, 3.63) is 16.1 Å². The van der Waals surface area contributed by atoms with Gasteiger partial charge in [0.2, 0.25) is 0 Å². The SMILES string of the molecule is CC(C)c1ncc(CNCCCN(C)C)s1. The summed E-state index contributed by atoms with van der Waals surface area (Å²) in [6.07, 6.45) is 3.20. The lowest BCUT2D eigenvalue weighted by Gasteiger charge is -2.09. The molecule has 1 heterocycles. The fourth-order valence-electron chi connectivity index (χ4n) is 1.40. The van der Waals surface area contributed by atoms with Crippen molar-refractivity contribution >= 4 is 11.3 Å². The number of rotatable bonds is 7. The molecular formula is C12H23N3S. The molecule has 0 bridgehead atoms. The van der Waals surface area contributed by atoms with Crippen molar-refractivity contribution in [1.82, 2.24) is 15.2 Å². The largest absolute Gasteiger partial charge is 0.312 e. The second-order valence-corrected chi connectivity index (χ2v) is 5.80. The second-order valence-electron chi connectivity index (χ2n) is 4.65. The van der Waals surface area contributed by atoms with Crippen LogP contribution in [0.25, 0.3) is 0 Å². The first-order valence-electron chi connectivity index (χ1n) is 5.89. The summed E-state index contributed by atoms with van der Waals surface area (Å²) >= 11 is 1.82. The van der Waals surface area contributed by atoms with E-state index in [0.717, 1.165) is 19.6 Å². The van der Waals surface area contributed by atoms with Gasteiger partial charge >= 0.3 is 0 Å². The van der Waals surface area contributed by atoms with Crippen LogP contribution >= 0.6 is 11.3 Å². The van der Waals surface area contributed by atoms with Gasteiger partial charge in [0.05, 0.1) is 5.01 Å². The smallest absolute Gasteiger partial charge is 0.0953 e. The highest BCUT2D eigenvalue weighted by molar-refractivity contribution is 7.11. The molecule has 0 atom stereocenters. The van der Waals surface area contributed by atoms with E-state index >= 15 is 0 Å². The van der Waals surface area contributed by atoms with Gasteiger partial charge in [0.1, 0.15) is 0 Å². The number of nitrogens with zero attached hydrogens (tertiary/aromatic N) is 2. The quantitative estimate of drug-likeness (QED) is 0.743. The van der Waals surface area contributed by atoms with Crippen molar-refractivity contribution in [2.24, 2.45) is 0 Å². The predicted molar refractivity (Wildman–Crippen MR) is 71.1 cm³/mol. The van der Waals surface area contributed by atoms with Crippen molar-refractivity contribution in [3.63, 3.8) is 0 Å². The minimum Gasteiger partial charge on any atom is -0.312 e. The van der Waals surface area contributed by atoms with Gasteiger partial charge < -0.3 is 10.2 Å². The summed E-state index contributed by atoms with van der Waals surface area (Å²) in [6.45, 7) is 7.55. The van der Waals surface area contributed by atoms with E-state index in [1.54, 1.807) is 0 Å². The van der Waals surface area contributed by atoms with E-state index < -0.39 is 0 Å². The molecule has 4 heteroatoms. The Morgan fingerprint density at radius 1 is 1.44 bits per heavy atom. The van der Waals surface area contributed by atoms with Crippen LogP contribution in [-0.2, 0) is 6.54 Å². The van der Waals surface area contributed by atoms with Crippen LogP contribution in [0.5, 0.6) is 0 Å². The van der Waals surface area contributed by atoms with Crippen molar-refractivity contribution in [3.8, 4) is 0 Å². The maximum absolute atomic E-state index is 4.41. The lowest BCUT2D eigenvalue weighted by Crippen LogP contribution is -2.20. The highest BCUT2D eigenvalue weighted by Gasteiger charge is 2.04. The van der Waals surface area contributed by atoms with Crippen LogP contribution in [0.1, 0.15) is 36.1 Å². The summed E-state index contributed by atoms with van der Waals surface area (Å²) in [5.41, 5.74) is 0. The second kappa shape index (κ2) is 6.99. The van der Waals surface area contributed by atoms with Crippen molar-refractivity contribution < 1.29 is 0 Å². The van der Waals surface area contributed by atoms with E-state index in [0.29, 0.717) is 5.92 Å². The molecule has 0 saturated heterocycles. The summed E-state index contributed by atoms with van der Waals surface area (Å²) in [6, 6.07) is 0. The third kappa shape index (κ3) is 5.05. The Kier molecular flexibility index (Phi) is 5.95. The third-order valence-corrected chi connectivity index (χ3v) is 3.62. The molecule has 1 aromatic heterocycles. The molecule has 16 heavy (non-hydrogen) atoms. The van der Waals surface area contributed by atoms with E-state index in [9.17, 15) is 0 Å². The Morgan fingerprint density at radius 3 is 2.75 bits per heavy atom. The predicted octanol–water partition coefficient (Wildman–Crippen LogP) is 2.31. The number of hydrogen-bond acceptors (Lipinski definition) is 4. The van der Waals surface area contributed by atoms with Gasteiger partial charge in [0.15, 0.2) is 0 Å². The molecule has 0 aromatic carbocycles. The summed E-state index contributed by atoms with van der Waals surface area (Å²) in [5, 5.41) is 4.69. The van der Waals surface area contributed by atoms with Crippen LogP contribution in [0.15, 0.2) is 6.20 Å². The minimum absolute atomic E-state index is 0.549. The lowest BCUT2D eigenvalue weighted by molar-refractivity contribution is 0.394. The molecule has 0 aliphatic heterocycles. The molecule has 3 nitrogen and oxygen atoms in total. The van der Waals surface area contributed by atoms with Crippen molar-refractivity contribution in [1.29, 1.82) is 0 Å². The molecule has 0 aliphatic rings. The van der Waals surface area contributed by atoms with Gasteiger partial charge in [-0.2, -0.15) is 0 Å². The Labute approximate surface area is 103 Å². The molecule has 92 valence electrons. The average Bonchev–Trinajstić information content (AvgIpc) is 2.65. The normalized spacial score (nSPS) is 11.6. The first-order valence-corrected chi connectivity index (χ1v) is 6.71. The van der Waals surface area contributed by atoms with Crippen LogP contribution in [0.3, 0.4) is 0 Å². The van der Waals surface area contributed by atoms with E-state index in [2.05, 4.69) is 43.1 Å². The highest BCUT2D eigenvalue weighted by Crippen LogP contribution is 2.20. The number of hydrogen-bond donors (Lipinski definition) is 1.